The fourth-order valence-corrected chi connectivity index (χ4v) is 3.89. The molecule has 2 fully saturated rings. The van der Waals surface area contributed by atoms with Crippen LogP contribution in [0.1, 0.15) is 52.1 Å². The van der Waals surface area contributed by atoms with Crippen molar-refractivity contribution in [1.29, 1.82) is 0 Å². The average Bonchev–Trinajstić information content (AvgIpc) is 2.78. The third kappa shape index (κ3) is 1.70. The van der Waals surface area contributed by atoms with Crippen LogP contribution >= 0.6 is 0 Å². The van der Waals surface area contributed by atoms with Gasteiger partial charge in [-0.25, -0.2) is 0 Å². The molecule has 22 heavy (non-hydrogen) atoms. The number of benzene rings is 1. The molecule has 1 amide bonds. The minimum absolute atomic E-state index is 0.120. The predicted molar refractivity (Wildman–Crippen MR) is 82.9 cm³/mol. The Morgan fingerprint density at radius 2 is 1.82 bits per heavy atom. The molecule has 1 aromatic carbocycles. The van der Waals surface area contributed by atoms with Crippen LogP contribution < -0.4 is 5.32 Å². The van der Waals surface area contributed by atoms with E-state index in [0.717, 1.165) is 5.56 Å². The molecule has 1 saturated carbocycles. The van der Waals surface area contributed by atoms with E-state index in [1.807, 2.05) is 58.0 Å². The third-order valence-corrected chi connectivity index (χ3v) is 6.10. The van der Waals surface area contributed by atoms with Crippen molar-refractivity contribution in [3.63, 3.8) is 0 Å². The number of amides is 1. The highest BCUT2D eigenvalue weighted by Gasteiger charge is 2.75. The summed E-state index contributed by atoms with van der Waals surface area (Å²) in [6.07, 6.45) is 1.29. The lowest BCUT2D eigenvalue weighted by atomic mass is 9.66. The second kappa shape index (κ2) is 4.58. The maximum absolute atomic E-state index is 12.9. The van der Waals surface area contributed by atoms with Gasteiger partial charge in [0.15, 0.2) is 5.60 Å². The third-order valence-electron chi connectivity index (χ3n) is 6.10. The summed E-state index contributed by atoms with van der Waals surface area (Å²) in [5, 5.41) is 3.03. The molecule has 1 heterocycles. The molecular formula is C18H23NO3. The van der Waals surface area contributed by atoms with E-state index < -0.39 is 16.4 Å². The van der Waals surface area contributed by atoms with Gasteiger partial charge in [-0.05, 0) is 32.3 Å². The summed E-state index contributed by atoms with van der Waals surface area (Å²) >= 11 is 0. The predicted octanol–water partition coefficient (Wildman–Crippen LogP) is 2.99. The summed E-state index contributed by atoms with van der Waals surface area (Å²) in [6.45, 7) is 7.80. The van der Waals surface area contributed by atoms with Crippen LogP contribution in [0.5, 0.6) is 0 Å². The largest absolute Gasteiger partial charge is 0.448 e. The Kier molecular flexibility index (Phi) is 3.13. The fraction of sp³-hybridized carbons (Fsp3) is 0.556. The molecule has 118 valence electrons. The molecule has 4 nitrogen and oxygen atoms in total. The van der Waals surface area contributed by atoms with E-state index in [-0.39, 0.29) is 17.9 Å². The van der Waals surface area contributed by atoms with Crippen molar-refractivity contribution in [2.24, 2.45) is 10.8 Å². The number of carbonyl (C=O) groups is 2. The molecule has 0 radical (unpaired) electrons. The van der Waals surface area contributed by atoms with Crippen LogP contribution in [0.4, 0.5) is 0 Å². The summed E-state index contributed by atoms with van der Waals surface area (Å²) in [5.41, 5.74) is -1.07. The summed E-state index contributed by atoms with van der Waals surface area (Å²) in [4.78, 5) is 25.2. The van der Waals surface area contributed by atoms with Gasteiger partial charge in [0, 0.05) is 5.41 Å². The first kappa shape index (κ1) is 15.1. The maximum Gasteiger partial charge on any atom is 0.313 e. The Hall–Kier alpha value is -1.84. The van der Waals surface area contributed by atoms with Gasteiger partial charge in [-0.2, -0.15) is 0 Å². The highest BCUT2D eigenvalue weighted by molar-refractivity contribution is 5.96. The Labute approximate surface area is 131 Å². The van der Waals surface area contributed by atoms with Crippen molar-refractivity contribution in [1.82, 2.24) is 5.32 Å². The number of hydrogen-bond donors (Lipinski definition) is 1. The van der Waals surface area contributed by atoms with Gasteiger partial charge in [-0.1, -0.05) is 44.2 Å². The van der Waals surface area contributed by atoms with E-state index in [4.69, 9.17) is 4.74 Å². The molecule has 1 aliphatic heterocycles. The smallest absolute Gasteiger partial charge is 0.313 e. The minimum atomic E-state index is -1.04. The molecule has 0 spiro atoms. The molecule has 1 N–H and O–H groups in total. The zero-order chi connectivity index (χ0) is 16.2. The second-order valence-corrected chi connectivity index (χ2v) is 7.28. The molecule has 1 saturated heterocycles. The van der Waals surface area contributed by atoms with Crippen LogP contribution in [0, 0.1) is 10.8 Å². The van der Waals surface area contributed by atoms with Gasteiger partial charge in [-0.15, -0.1) is 0 Å². The molecular weight excluding hydrogens is 278 g/mol. The van der Waals surface area contributed by atoms with E-state index in [1.165, 1.54) is 0 Å². The Balaban J connectivity index is 1.85. The minimum Gasteiger partial charge on any atom is -0.448 e. The Morgan fingerprint density at radius 1 is 1.18 bits per heavy atom. The van der Waals surface area contributed by atoms with E-state index in [1.54, 1.807) is 0 Å². The Bertz CT molecular complexity index is 624. The van der Waals surface area contributed by atoms with Gasteiger partial charge >= 0.3 is 5.97 Å². The molecule has 4 heteroatoms. The second-order valence-electron chi connectivity index (χ2n) is 7.28. The monoisotopic (exact) mass is 301 g/mol. The first-order valence-corrected chi connectivity index (χ1v) is 7.84. The number of rotatable bonds is 3. The number of hydrogen-bond acceptors (Lipinski definition) is 3. The lowest BCUT2D eigenvalue weighted by Gasteiger charge is -2.36. The van der Waals surface area contributed by atoms with Crippen molar-refractivity contribution in [3.8, 4) is 0 Å². The standard InChI is InChI=1S/C18H23NO3/c1-12(13-8-6-5-7-9-13)19-14(20)18-11-10-17(4,15(21)22-18)16(18,2)3/h5-9,12H,10-11H2,1-4H3,(H,19,20)/t12-,17+,18-/m0/s1. The zero-order valence-electron chi connectivity index (χ0n) is 13.6. The molecule has 1 aromatic rings. The van der Waals surface area contributed by atoms with Crippen LogP contribution in [0.3, 0.4) is 0 Å². The van der Waals surface area contributed by atoms with Crippen molar-refractivity contribution in [2.75, 3.05) is 0 Å². The van der Waals surface area contributed by atoms with Crippen molar-refractivity contribution >= 4 is 11.9 Å². The van der Waals surface area contributed by atoms with Gasteiger partial charge in [0.05, 0.1) is 11.5 Å². The van der Waals surface area contributed by atoms with E-state index in [0.29, 0.717) is 12.8 Å². The molecule has 0 aromatic heterocycles. The fourth-order valence-electron chi connectivity index (χ4n) is 3.89. The lowest BCUT2D eigenvalue weighted by molar-refractivity contribution is -0.168. The van der Waals surface area contributed by atoms with Gasteiger partial charge < -0.3 is 10.1 Å². The summed E-state index contributed by atoms with van der Waals surface area (Å²) < 4.78 is 5.61. The van der Waals surface area contributed by atoms with Crippen LogP contribution in [0.2, 0.25) is 0 Å². The molecule has 2 aliphatic rings. The van der Waals surface area contributed by atoms with Crippen LogP contribution in [0.25, 0.3) is 0 Å². The highest BCUT2D eigenvalue weighted by atomic mass is 16.6. The maximum atomic E-state index is 12.9. The summed E-state index contributed by atoms with van der Waals surface area (Å²) in [5.74, 6) is -0.422. The topological polar surface area (TPSA) is 55.4 Å². The van der Waals surface area contributed by atoms with Gasteiger partial charge in [0.2, 0.25) is 0 Å². The average molecular weight is 301 g/mol. The van der Waals surface area contributed by atoms with Crippen molar-refractivity contribution in [3.05, 3.63) is 35.9 Å². The van der Waals surface area contributed by atoms with Gasteiger partial charge in [0.25, 0.3) is 5.91 Å². The first-order valence-electron chi connectivity index (χ1n) is 7.84. The van der Waals surface area contributed by atoms with Gasteiger partial charge in [0.1, 0.15) is 0 Å². The SMILES string of the molecule is C[C@H](NC(=O)[C@]12CC[C@](C)(C(=O)O1)C2(C)C)c1ccccc1. The molecule has 3 atom stereocenters. The quantitative estimate of drug-likeness (QED) is 0.873. The van der Waals surface area contributed by atoms with Crippen molar-refractivity contribution in [2.45, 2.75) is 52.2 Å². The molecule has 2 bridgehead atoms. The number of nitrogens with one attached hydrogen (secondary N) is 1. The van der Waals surface area contributed by atoms with Crippen LogP contribution in [0.15, 0.2) is 30.3 Å². The number of ether oxygens (including phenoxy) is 1. The van der Waals surface area contributed by atoms with E-state index in [2.05, 4.69) is 5.32 Å². The van der Waals surface area contributed by atoms with Gasteiger partial charge in [-0.3, -0.25) is 9.59 Å². The zero-order valence-corrected chi connectivity index (χ0v) is 13.6. The molecule has 1 aliphatic carbocycles. The Morgan fingerprint density at radius 3 is 2.32 bits per heavy atom. The van der Waals surface area contributed by atoms with Crippen LogP contribution in [-0.4, -0.2) is 17.5 Å². The lowest BCUT2D eigenvalue weighted by Crippen LogP contribution is -2.53. The molecule has 0 unspecified atom stereocenters. The van der Waals surface area contributed by atoms with E-state index in [9.17, 15) is 9.59 Å². The first-order chi connectivity index (χ1) is 10.2. The highest BCUT2D eigenvalue weighted by Crippen LogP contribution is 2.65. The number of fused-ring (bicyclic) bond motifs is 2. The van der Waals surface area contributed by atoms with Crippen molar-refractivity contribution < 1.29 is 14.3 Å². The number of esters is 1. The van der Waals surface area contributed by atoms with Crippen LogP contribution in [-0.2, 0) is 14.3 Å². The molecule has 3 rings (SSSR count). The summed E-state index contributed by atoms with van der Waals surface area (Å²) in [6, 6.07) is 9.68. The normalized spacial score (nSPS) is 33.4. The summed E-state index contributed by atoms with van der Waals surface area (Å²) in [7, 11) is 0. The number of carbonyl (C=O) groups excluding carboxylic acids is 2. The van der Waals surface area contributed by atoms with E-state index >= 15 is 0 Å².